The van der Waals surface area contributed by atoms with E-state index in [1.54, 1.807) is 11.1 Å². The van der Waals surface area contributed by atoms with Crippen LogP contribution in [0, 0.1) is 5.92 Å². The number of piperidine rings is 2. The van der Waals surface area contributed by atoms with Crippen molar-refractivity contribution in [1.82, 2.24) is 4.90 Å². The summed E-state index contributed by atoms with van der Waals surface area (Å²) < 4.78 is 0. The minimum Gasteiger partial charge on any atom is -0.302 e. The molecule has 2 saturated heterocycles. The van der Waals surface area contributed by atoms with Gasteiger partial charge in [-0.2, -0.15) is 0 Å². The molecule has 1 aromatic carbocycles. The van der Waals surface area contributed by atoms with Crippen LogP contribution in [0.3, 0.4) is 0 Å². The molecule has 0 N–H and O–H groups in total. The Morgan fingerprint density at radius 3 is 2.00 bits per heavy atom. The van der Waals surface area contributed by atoms with Gasteiger partial charge in [0.2, 0.25) is 0 Å². The van der Waals surface area contributed by atoms with E-state index in [-0.39, 0.29) is 0 Å². The Morgan fingerprint density at radius 1 is 0.867 bits per heavy atom. The van der Waals surface area contributed by atoms with E-state index in [4.69, 9.17) is 0 Å². The lowest BCUT2D eigenvalue weighted by atomic mass is 9.82. The molecule has 4 bridgehead atoms. The molecular weight excluding hydrogens is 182 g/mol. The predicted octanol–water partition coefficient (Wildman–Crippen LogP) is 2.59. The fourth-order valence-electron chi connectivity index (χ4n) is 4.12. The van der Waals surface area contributed by atoms with Crippen molar-refractivity contribution in [3.63, 3.8) is 0 Å². The highest BCUT2D eigenvalue weighted by Crippen LogP contribution is 2.46. The van der Waals surface area contributed by atoms with Crippen LogP contribution in [0.4, 0.5) is 0 Å². The molecule has 0 saturated carbocycles. The van der Waals surface area contributed by atoms with E-state index < -0.39 is 0 Å². The number of benzene rings is 1. The van der Waals surface area contributed by atoms with Crippen molar-refractivity contribution < 1.29 is 0 Å². The van der Waals surface area contributed by atoms with E-state index in [0.717, 1.165) is 17.8 Å². The molecular formula is C14H17N. The van der Waals surface area contributed by atoms with Crippen molar-refractivity contribution in [2.75, 3.05) is 19.6 Å². The number of rotatable bonds is 0. The van der Waals surface area contributed by atoms with Crippen molar-refractivity contribution in [2.45, 2.75) is 24.7 Å². The highest BCUT2D eigenvalue weighted by molar-refractivity contribution is 5.37. The van der Waals surface area contributed by atoms with Crippen LogP contribution in [0.15, 0.2) is 24.3 Å². The summed E-state index contributed by atoms with van der Waals surface area (Å²) in [5.74, 6) is 2.66. The molecule has 0 amide bonds. The predicted molar refractivity (Wildman–Crippen MR) is 61.1 cm³/mol. The molecule has 15 heavy (non-hydrogen) atoms. The summed E-state index contributed by atoms with van der Waals surface area (Å²) in [6.07, 6.45) is 2.90. The van der Waals surface area contributed by atoms with Crippen LogP contribution in [0.5, 0.6) is 0 Å². The first-order chi connectivity index (χ1) is 7.40. The molecule has 0 aromatic heterocycles. The fraction of sp³-hybridized carbons (Fsp3) is 0.571. The average molecular weight is 199 g/mol. The normalized spacial score (nSPS) is 41.3. The van der Waals surface area contributed by atoms with Crippen LogP contribution in [-0.4, -0.2) is 24.5 Å². The summed E-state index contributed by atoms with van der Waals surface area (Å²) in [7, 11) is 0. The first-order valence-electron chi connectivity index (χ1n) is 6.21. The molecule has 78 valence electrons. The molecule has 3 heterocycles. The quantitative estimate of drug-likeness (QED) is 0.621. The summed E-state index contributed by atoms with van der Waals surface area (Å²) in [4.78, 5) is 2.70. The van der Waals surface area contributed by atoms with Gasteiger partial charge in [0.1, 0.15) is 0 Å². The van der Waals surface area contributed by atoms with E-state index in [1.807, 2.05) is 0 Å². The maximum atomic E-state index is 2.70. The molecule has 1 nitrogen and oxygen atoms in total. The molecule has 3 aliphatic heterocycles. The van der Waals surface area contributed by atoms with Gasteiger partial charge in [-0.05, 0) is 41.7 Å². The second-order valence-corrected chi connectivity index (χ2v) is 5.58. The highest BCUT2D eigenvalue weighted by atomic mass is 15.2. The molecule has 1 heteroatoms. The Labute approximate surface area is 91.1 Å². The molecule has 5 rings (SSSR count). The minimum atomic E-state index is 0.840. The van der Waals surface area contributed by atoms with Gasteiger partial charge >= 0.3 is 0 Å². The van der Waals surface area contributed by atoms with Gasteiger partial charge in [-0.1, -0.05) is 24.3 Å². The Morgan fingerprint density at radius 2 is 1.47 bits per heavy atom. The Balaban J connectivity index is 1.91. The van der Waals surface area contributed by atoms with E-state index in [2.05, 4.69) is 29.2 Å². The van der Waals surface area contributed by atoms with E-state index in [9.17, 15) is 0 Å². The van der Waals surface area contributed by atoms with Gasteiger partial charge in [-0.15, -0.1) is 0 Å². The van der Waals surface area contributed by atoms with Gasteiger partial charge < -0.3 is 4.90 Å². The largest absolute Gasteiger partial charge is 0.302 e. The fourth-order valence-corrected chi connectivity index (χ4v) is 4.12. The molecule has 1 aliphatic carbocycles. The highest BCUT2D eigenvalue weighted by Gasteiger charge is 2.40. The van der Waals surface area contributed by atoms with Crippen LogP contribution >= 0.6 is 0 Å². The van der Waals surface area contributed by atoms with E-state index in [1.165, 1.54) is 32.5 Å². The van der Waals surface area contributed by atoms with Gasteiger partial charge in [0.05, 0.1) is 0 Å². The maximum absolute atomic E-state index is 2.70. The lowest BCUT2D eigenvalue weighted by Gasteiger charge is -2.41. The van der Waals surface area contributed by atoms with Crippen LogP contribution in [-0.2, 0) is 0 Å². The molecule has 0 spiro atoms. The zero-order chi connectivity index (χ0) is 9.83. The Bertz CT molecular complexity index is 349. The SMILES string of the molecule is c1ccc2c(c1)C1CC3CC2CN(C3)C1. The van der Waals surface area contributed by atoms with Crippen molar-refractivity contribution in [3.8, 4) is 0 Å². The second-order valence-electron chi connectivity index (χ2n) is 5.58. The number of hydrogen-bond acceptors (Lipinski definition) is 1. The standard InChI is InChI=1S/C14H17N/c1-2-4-14-12-6-10-5-11(13(14)3-1)8-15(7-10)9-12/h1-4,10-12H,5-9H2. The minimum absolute atomic E-state index is 0.840. The third-order valence-corrected chi connectivity index (χ3v) is 4.58. The van der Waals surface area contributed by atoms with Crippen LogP contribution in [0.25, 0.3) is 0 Å². The average Bonchev–Trinajstić information content (AvgIpc) is 2.43. The third-order valence-electron chi connectivity index (χ3n) is 4.58. The lowest BCUT2D eigenvalue weighted by molar-refractivity contribution is 0.104. The zero-order valence-electron chi connectivity index (χ0n) is 9.02. The molecule has 2 atom stereocenters. The van der Waals surface area contributed by atoms with Gasteiger partial charge in [0, 0.05) is 19.6 Å². The van der Waals surface area contributed by atoms with E-state index >= 15 is 0 Å². The monoisotopic (exact) mass is 199 g/mol. The zero-order valence-corrected chi connectivity index (χ0v) is 9.02. The first-order valence-corrected chi connectivity index (χ1v) is 6.21. The summed E-state index contributed by atoms with van der Waals surface area (Å²) >= 11 is 0. The Kier molecular flexibility index (Phi) is 1.59. The molecule has 2 fully saturated rings. The summed E-state index contributed by atoms with van der Waals surface area (Å²) in [5, 5.41) is 0. The van der Waals surface area contributed by atoms with Crippen molar-refractivity contribution in [3.05, 3.63) is 35.4 Å². The van der Waals surface area contributed by atoms with Crippen molar-refractivity contribution in [2.24, 2.45) is 5.92 Å². The Hall–Kier alpha value is -0.820. The first kappa shape index (κ1) is 8.35. The number of hydrogen-bond donors (Lipinski definition) is 0. The van der Waals surface area contributed by atoms with Gasteiger partial charge in [0.25, 0.3) is 0 Å². The molecule has 2 unspecified atom stereocenters. The lowest BCUT2D eigenvalue weighted by Crippen LogP contribution is -2.43. The summed E-state index contributed by atoms with van der Waals surface area (Å²) in [6.45, 7) is 4.02. The smallest absolute Gasteiger partial charge is 0.00508 e. The van der Waals surface area contributed by atoms with Crippen LogP contribution in [0.2, 0.25) is 0 Å². The second kappa shape index (κ2) is 2.85. The van der Waals surface area contributed by atoms with Gasteiger partial charge in [-0.3, -0.25) is 0 Å². The molecule has 0 radical (unpaired) electrons. The van der Waals surface area contributed by atoms with Gasteiger partial charge in [0.15, 0.2) is 0 Å². The van der Waals surface area contributed by atoms with E-state index in [0.29, 0.717) is 0 Å². The summed E-state index contributed by atoms with van der Waals surface area (Å²) in [5.41, 5.74) is 3.35. The van der Waals surface area contributed by atoms with Gasteiger partial charge in [-0.25, -0.2) is 0 Å². The maximum Gasteiger partial charge on any atom is 0.00508 e. The summed E-state index contributed by atoms with van der Waals surface area (Å²) in [6, 6.07) is 9.20. The van der Waals surface area contributed by atoms with Crippen LogP contribution in [0.1, 0.15) is 35.8 Å². The number of nitrogens with zero attached hydrogens (tertiary/aromatic N) is 1. The van der Waals surface area contributed by atoms with Crippen molar-refractivity contribution in [1.29, 1.82) is 0 Å². The van der Waals surface area contributed by atoms with Crippen LogP contribution < -0.4 is 0 Å². The topological polar surface area (TPSA) is 3.24 Å². The third kappa shape index (κ3) is 1.13. The van der Waals surface area contributed by atoms with Crippen molar-refractivity contribution >= 4 is 0 Å². The molecule has 4 aliphatic rings. The molecule has 1 aromatic rings.